The zero-order valence-corrected chi connectivity index (χ0v) is 45.4. The van der Waals surface area contributed by atoms with Gasteiger partial charge in [-0.2, -0.15) is 0 Å². The van der Waals surface area contributed by atoms with E-state index < -0.39 is 0 Å². The first-order valence-electron chi connectivity index (χ1n) is 29.6. The monoisotopic (exact) mass is 959 g/mol. The van der Waals surface area contributed by atoms with Crippen LogP contribution in [-0.4, -0.2) is 9.97 Å². The summed E-state index contributed by atoms with van der Waals surface area (Å²) in [4.78, 5) is 11.0. The van der Waals surface area contributed by atoms with Crippen LogP contribution in [0.15, 0.2) is 122 Å². The fraction of sp³-hybridized carbons (Fsp3) is 0.486. The van der Waals surface area contributed by atoms with Crippen molar-refractivity contribution in [1.82, 2.24) is 9.97 Å². The first kappa shape index (κ1) is 53.2. The molecule has 0 spiro atoms. The lowest BCUT2D eigenvalue weighted by atomic mass is 9.70. The van der Waals surface area contributed by atoms with E-state index in [1.165, 1.54) is 224 Å². The largest absolute Gasteiger partial charge is 0.228 e. The number of hydrogen-bond acceptors (Lipinski definition) is 2. The van der Waals surface area contributed by atoms with Gasteiger partial charge in [0, 0.05) is 27.5 Å². The van der Waals surface area contributed by atoms with Crippen LogP contribution in [0.5, 0.6) is 0 Å². The molecule has 2 aliphatic carbocycles. The second kappa shape index (κ2) is 26.7. The van der Waals surface area contributed by atoms with Gasteiger partial charge in [-0.15, -0.1) is 0 Å². The number of hydrogen-bond donors (Lipinski definition) is 0. The summed E-state index contributed by atoms with van der Waals surface area (Å²) in [6.45, 7) is 13.4. The topological polar surface area (TPSA) is 25.8 Å². The molecule has 380 valence electrons. The predicted molar refractivity (Wildman–Crippen MR) is 313 cm³/mol. The molecule has 0 amide bonds. The van der Waals surface area contributed by atoms with Crippen molar-refractivity contribution in [2.75, 3.05) is 0 Å². The van der Waals surface area contributed by atoms with Crippen molar-refractivity contribution >= 4 is 6.08 Å². The zero-order chi connectivity index (χ0) is 50.0. The molecule has 0 bridgehead atoms. The first-order chi connectivity index (χ1) is 35.5. The smallest absolute Gasteiger partial charge is 0.160 e. The summed E-state index contributed by atoms with van der Waals surface area (Å²) in [5.41, 5.74) is 18.4. The van der Waals surface area contributed by atoms with Gasteiger partial charge in [0.25, 0.3) is 0 Å². The van der Waals surface area contributed by atoms with Crippen LogP contribution in [-0.2, 0) is 10.8 Å². The third-order valence-electron chi connectivity index (χ3n) is 17.1. The molecule has 1 heterocycles. The lowest BCUT2D eigenvalue weighted by molar-refractivity contribution is 0.398. The lowest BCUT2D eigenvalue weighted by Crippen LogP contribution is -2.25. The Hall–Kier alpha value is -5.08. The standard InChI is InChI=1S/C70H90N2/c1-6-11-15-19-23-31-47-69(48-32-24-20-16-12-7-2)62-37-29-27-35-58(62)60-45-43-56(51-64(60)69)66-53-67(72-68(71-66)55-41-39-54(10-5)40-42-55)57-44-46-61-59-36-28-30-38-63(59)70(65(61)52-57,49-33-25-21-17-13-8-3)50-34-26-22-18-14-9-4/h10,27-30,35-46,51-53H,5-9,11-26,31-34,47-50H2,1-4H3. The highest BCUT2D eigenvalue weighted by Crippen LogP contribution is 2.57. The number of benzene rings is 5. The third kappa shape index (κ3) is 12.3. The van der Waals surface area contributed by atoms with E-state index in [1.54, 1.807) is 11.1 Å². The van der Waals surface area contributed by atoms with Crippen molar-refractivity contribution in [1.29, 1.82) is 0 Å². The van der Waals surface area contributed by atoms with Gasteiger partial charge in [0.1, 0.15) is 0 Å². The second-order valence-corrected chi connectivity index (χ2v) is 22.1. The Morgan fingerprint density at radius 2 is 0.681 bits per heavy atom. The van der Waals surface area contributed by atoms with Crippen molar-refractivity contribution < 1.29 is 0 Å². The average Bonchev–Trinajstić information content (AvgIpc) is 3.85. The van der Waals surface area contributed by atoms with Gasteiger partial charge in [-0.05, 0) is 94.0 Å². The number of aromatic nitrogens is 2. The van der Waals surface area contributed by atoms with E-state index >= 15 is 0 Å². The zero-order valence-electron chi connectivity index (χ0n) is 45.4. The predicted octanol–water partition coefficient (Wildman–Crippen LogP) is 21.7. The summed E-state index contributed by atoms with van der Waals surface area (Å²) in [6.07, 6.45) is 38.3. The van der Waals surface area contributed by atoms with Crippen molar-refractivity contribution in [3.05, 3.63) is 150 Å². The Balaban J connectivity index is 1.22. The van der Waals surface area contributed by atoms with Crippen LogP contribution in [0.1, 0.15) is 235 Å². The maximum absolute atomic E-state index is 5.52. The second-order valence-electron chi connectivity index (χ2n) is 22.1. The minimum atomic E-state index is 0.000973. The fourth-order valence-electron chi connectivity index (χ4n) is 13.0. The maximum atomic E-state index is 5.52. The quantitative estimate of drug-likeness (QED) is 0.0394. The maximum Gasteiger partial charge on any atom is 0.160 e. The fourth-order valence-corrected chi connectivity index (χ4v) is 13.0. The lowest BCUT2D eigenvalue weighted by Gasteiger charge is -2.33. The van der Waals surface area contributed by atoms with E-state index in [9.17, 15) is 0 Å². The van der Waals surface area contributed by atoms with E-state index in [2.05, 4.69) is 150 Å². The van der Waals surface area contributed by atoms with Crippen molar-refractivity contribution in [2.45, 2.75) is 218 Å². The Kier molecular flexibility index (Phi) is 19.8. The molecule has 1 aromatic heterocycles. The highest BCUT2D eigenvalue weighted by atomic mass is 14.9. The molecule has 2 heteroatoms. The SMILES string of the molecule is C=Cc1ccc(-c2nc(-c3ccc4c(c3)C(CCCCCCCC)(CCCCCCCC)c3ccccc3-4)cc(-c3ccc4c(c3)C(CCCCCCCC)(CCCCCCCC)c3ccccc3-4)n2)cc1. The average molecular weight is 960 g/mol. The van der Waals surface area contributed by atoms with Gasteiger partial charge in [0.05, 0.1) is 11.4 Å². The molecule has 0 N–H and O–H groups in total. The summed E-state index contributed by atoms with van der Waals surface area (Å²) >= 11 is 0. The summed E-state index contributed by atoms with van der Waals surface area (Å²) in [6, 6.07) is 44.6. The molecule has 5 aromatic carbocycles. The Morgan fingerprint density at radius 3 is 1.06 bits per heavy atom. The molecule has 72 heavy (non-hydrogen) atoms. The van der Waals surface area contributed by atoms with E-state index in [4.69, 9.17) is 9.97 Å². The molecule has 0 saturated carbocycles. The van der Waals surface area contributed by atoms with Crippen molar-refractivity contribution in [3.8, 4) is 56.2 Å². The molecule has 0 aliphatic heterocycles. The molecule has 0 saturated heterocycles. The molecule has 6 aromatic rings. The molecule has 0 unspecified atom stereocenters. The normalized spacial score (nSPS) is 13.7. The van der Waals surface area contributed by atoms with E-state index in [0.29, 0.717) is 0 Å². The summed E-state index contributed by atoms with van der Waals surface area (Å²) in [5, 5.41) is 0. The molecule has 0 radical (unpaired) electrons. The number of rotatable bonds is 32. The number of fused-ring (bicyclic) bond motifs is 6. The van der Waals surface area contributed by atoms with Crippen LogP contribution in [0.2, 0.25) is 0 Å². The van der Waals surface area contributed by atoms with Gasteiger partial charge in [-0.25, -0.2) is 9.97 Å². The van der Waals surface area contributed by atoms with Gasteiger partial charge < -0.3 is 0 Å². The van der Waals surface area contributed by atoms with E-state index in [0.717, 1.165) is 28.3 Å². The van der Waals surface area contributed by atoms with Crippen LogP contribution >= 0.6 is 0 Å². The number of nitrogens with zero attached hydrogens (tertiary/aromatic N) is 2. The van der Waals surface area contributed by atoms with Gasteiger partial charge in [-0.1, -0.05) is 292 Å². The molecular weight excluding hydrogens is 869 g/mol. The highest BCUT2D eigenvalue weighted by Gasteiger charge is 2.44. The van der Waals surface area contributed by atoms with Gasteiger partial charge >= 0.3 is 0 Å². The van der Waals surface area contributed by atoms with E-state index in [-0.39, 0.29) is 10.8 Å². The van der Waals surface area contributed by atoms with Crippen LogP contribution in [0.3, 0.4) is 0 Å². The summed E-state index contributed by atoms with van der Waals surface area (Å²) in [5.74, 6) is 0.779. The van der Waals surface area contributed by atoms with Crippen molar-refractivity contribution in [3.63, 3.8) is 0 Å². The first-order valence-corrected chi connectivity index (χ1v) is 29.6. The minimum absolute atomic E-state index is 0.000973. The van der Waals surface area contributed by atoms with Crippen LogP contribution in [0.25, 0.3) is 62.2 Å². The molecular formula is C70H90N2. The van der Waals surface area contributed by atoms with Crippen LogP contribution in [0.4, 0.5) is 0 Å². The van der Waals surface area contributed by atoms with Crippen LogP contribution < -0.4 is 0 Å². The van der Waals surface area contributed by atoms with Gasteiger partial charge in [-0.3, -0.25) is 0 Å². The molecule has 2 aliphatic rings. The Morgan fingerprint density at radius 1 is 0.347 bits per heavy atom. The van der Waals surface area contributed by atoms with E-state index in [1.807, 2.05) is 6.08 Å². The Bertz CT molecular complexity index is 2440. The van der Waals surface area contributed by atoms with Gasteiger partial charge in [0.15, 0.2) is 5.82 Å². The Labute approximate surface area is 438 Å². The van der Waals surface area contributed by atoms with Crippen LogP contribution in [0, 0.1) is 0 Å². The number of unbranched alkanes of at least 4 members (excludes halogenated alkanes) is 20. The summed E-state index contributed by atoms with van der Waals surface area (Å²) in [7, 11) is 0. The highest BCUT2D eigenvalue weighted by molar-refractivity contribution is 5.86. The summed E-state index contributed by atoms with van der Waals surface area (Å²) < 4.78 is 0. The molecule has 0 atom stereocenters. The molecule has 0 fully saturated rings. The third-order valence-corrected chi connectivity index (χ3v) is 17.1. The minimum Gasteiger partial charge on any atom is -0.228 e. The van der Waals surface area contributed by atoms with Crippen molar-refractivity contribution in [2.24, 2.45) is 0 Å². The molecule has 2 nitrogen and oxygen atoms in total. The van der Waals surface area contributed by atoms with Gasteiger partial charge in [0.2, 0.25) is 0 Å². The molecule has 8 rings (SSSR count).